The lowest BCUT2D eigenvalue weighted by atomic mass is 9.73. The summed E-state index contributed by atoms with van der Waals surface area (Å²) in [4.78, 5) is 0. The molecule has 3 saturated carbocycles. The van der Waals surface area contributed by atoms with Gasteiger partial charge in [0.25, 0.3) is 6.33 Å². The molecule has 0 amide bonds. The third kappa shape index (κ3) is 5.36. The Hall–Kier alpha value is -2.87. The molecule has 2 heteroatoms. The number of rotatable bonds is 5. The molecule has 2 aromatic carbocycles. The molecule has 0 radical (unpaired) electrons. The summed E-state index contributed by atoms with van der Waals surface area (Å²) in [5, 5.41) is 0. The van der Waals surface area contributed by atoms with Crippen LogP contribution in [0.5, 0.6) is 0 Å². The second-order valence-corrected chi connectivity index (χ2v) is 14.2. The molecule has 0 unspecified atom stereocenters. The van der Waals surface area contributed by atoms with Crippen LogP contribution in [-0.2, 0) is 0 Å². The summed E-state index contributed by atoms with van der Waals surface area (Å²) in [5.41, 5.74) is 14.7. The maximum Gasteiger partial charge on any atom is 0.254 e. The first-order valence-electron chi connectivity index (χ1n) is 17.4. The van der Waals surface area contributed by atoms with Gasteiger partial charge in [-0.3, -0.25) is 0 Å². The molecule has 4 aromatic rings. The minimum Gasteiger partial charge on any atom is -0.201 e. The molecule has 0 aliphatic heterocycles. The molecule has 3 aliphatic rings. The second-order valence-electron chi connectivity index (χ2n) is 14.2. The first-order chi connectivity index (χ1) is 20.6. The highest BCUT2D eigenvalue weighted by Crippen LogP contribution is 2.47. The number of aryl methyl sites for hydroxylation is 3. The zero-order valence-electron chi connectivity index (χ0n) is 26.4. The van der Waals surface area contributed by atoms with Gasteiger partial charge >= 0.3 is 0 Å². The van der Waals surface area contributed by atoms with E-state index in [1.54, 1.807) is 22.3 Å². The van der Waals surface area contributed by atoms with Crippen molar-refractivity contribution in [2.24, 2.45) is 0 Å². The van der Waals surface area contributed by atoms with Crippen LogP contribution in [0.15, 0.2) is 55.0 Å². The van der Waals surface area contributed by atoms with E-state index >= 15 is 0 Å². The highest BCUT2D eigenvalue weighted by Gasteiger charge is 2.31. The Labute approximate surface area is 254 Å². The van der Waals surface area contributed by atoms with E-state index in [4.69, 9.17) is 0 Å². The van der Waals surface area contributed by atoms with Crippen molar-refractivity contribution < 1.29 is 4.57 Å². The monoisotopic (exact) mass is 559 g/mol. The lowest BCUT2D eigenvalue weighted by Crippen LogP contribution is -2.29. The predicted octanol–water partition coefficient (Wildman–Crippen LogP) is 11.0. The maximum absolute atomic E-state index is 2.73. The Kier molecular flexibility index (Phi) is 7.99. The smallest absolute Gasteiger partial charge is 0.201 e. The molecular weight excluding hydrogens is 508 g/mol. The van der Waals surface area contributed by atoms with Crippen LogP contribution < -0.4 is 4.57 Å². The zero-order chi connectivity index (χ0) is 28.6. The van der Waals surface area contributed by atoms with Gasteiger partial charge in [-0.15, -0.1) is 0 Å². The lowest BCUT2D eigenvalue weighted by molar-refractivity contribution is -0.594. The minimum absolute atomic E-state index is 0.694. The molecule has 0 N–H and O–H groups in total. The van der Waals surface area contributed by atoms with Crippen molar-refractivity contribution in [1.82, 2.24) is 4.40 Å². The molecule has 3 fully saturated rings. The first-order valence-corrected chi connectivity index (χ1v) is 17.4. The molecule has 0 saturated heterocycles. The van der Waals surface area contributed by atoms with E-state index in [2.05, 4.69) is 84.7 Å². The third-order valence-electron chi connectivity index (χ3n) is 11.1. The maximum atomic E-state index is 2.73. The Balaban J connectivity index is 1.45. The fourth-order valence-electron chi connectivity index (χ4n) is 9.13. The van der Waals surface area contributed by atoms with Crippen molar-refractivity contribution >= 4 is 5.52 Å². The van der Waals surface area contributed by atoms with E-state index in [0.717, 1.165) is 5.92 Å². The Morgan fingerprint density at radius 1 is 0.619 bits per heavy atom. The van der Waals surface area contributed by atoms with Crippen molar-refractivity contribution in [3.8, 4) is 16.9 Å². The Bertz CT molecular complexity index is 1490. The highest BCUT2D eigenvalue weighted by atomic mass is 15.1. The number of nitrogens with zero attached hydrogens (tertiary/aromatic N) is 2. The number of pyridine rings is 1. The van der Waals surface area contributed by atoms with Gasteiger partial charge in [0.1, 0.15) is 17.6 Å². The lowest BCUT2D eigenvalue weighted by Gasteiger charge is -2.32. The summed E-state index contributed by atoms with van der Waals surface area (Å²) >= 11 is 0. The summed E-state index contributed by atoms with van der Waals surface area (Å²) in [6.45, 7) is 6.73. The van der Waals surface area contributed by atoms with Crippen LogP contribution >= 0.6 is 0 Å². The van der Waals surface area contributed by atoms with Gasteiger partial charge in [-0.1, -0.05) is 93.7 Å². The van der Waals surface area contributed by atoms with Crippen molar-refractivity contribution in [2.45, 2.75) is 135 Å². The van der Waals surface area contributed by atoms with E-state index in [0.29, 0.717) is 11.8 Å². The number of hydrogen-bond donors (Lipinski definition) is 0. The van der Waals surface area contributed by atoms with E-state index in [9.17, 15) is 0 Å². The number of benzene rings is 2. The first kappa shape index (κ1) is 27.9. The second kappa shape index (κ2) is 12.0. The van der Waals surface area contributed by atoms with Crippen LogP contribution in [0.3, 0.4) is 0 Å². The zero-order valence-corrected chi connectivity index (χ0v) is 26.4. The van der Waals surface area contributed by atoms with Gasteiger partial charge in [0.05, 0.1) is 0 Å². The van der Waals surface area contributed by atoms with E-state index in [-0.39, 0.29) is 0 Å². The van der Waals surface area contributed by atoms with E-state index in [1.165, 1.54) is 130 Å². The summed E-state index contributed by atoms with van der Waals surface area (Å²) in [7, 11) is 0. The van der Waals surface area contributed by atoms with Gasteiger partial charge < -0.3 is 0 Å². The fourth-order valence-corrected chi connectivity index (χ4v) is 9.13. The van der Waals surface area contributed by atoms with Gasteiger partial charge in [0.2, 0.25) is 0 Å². The molecule has 0 spiro atoms. The molecule has 42 heavy (non-hydrogen) atoms. The summed E-state index contributed by atoms with van der Waals surface area (Å²) < 4.78 is 4.91. The number of imidazole rings is 1. The number of aromatic nitrogens is 2. The van der Waals surface area contributed by atoms with Crippen LogP contribution in [0, 0.1) is 20.8 Å². The molecule has 0 atom stereocenters. The van der Waals surface area contributed by atoms with E-state index < -0.39 is 0 Å². The molecule has 2 nitrogen and oxygen atoms in total. The van der Waals surface area contributed by atoms with Gasteiger partial charge in [-0.05, 0) is 117 Å². The molecule has 2 aromatic heterocycles. The summed E-state index contributed by atoms with van der Waals surface area (Å²) in [6.07, 6.45) is 25.5. The van der Waals surface area contributed by atoms with Crippen LogP contribution in [0.4, 0.5) is 0 Å². The molecule has 3 aliphatic carbocycles. The quantitative estimate of drug-likeness (QED) is 0.215. The Morgan fingerprint density at radius 3 is 1.69 bits per heavy atom. The molecule has 0 bridgehead atoms. The van der Waals surface area contributed by atoms with Crippen LogP contribution in [0.1, 0.15) is 147 Å². The normalized spacial score (nSPS) is 19.5. The summed E-state index contributed by atoms with van der Waals surface area (Å²) in [6, 6.07) is 17.2. The molecular formula is C40H51N2+. The predicted molar refractivity (Wildman–Crippen MR) is 176 cm³/mol. The van der Waals surface area contributed by atoms with Crippen LogP contribution in [0.2, 0.25) is 0 Å². The van der Waals surface area contributed by atoms with Gasteiger partial charge in [0, 0.05) is 5.56 Å². The van der Waals surface area contributed by atoms with Gasteiger partial charge in [0.15, 0.2) is 5.52 Å². The van der Waals surface area contributed by atoms with E-state index in [1.807, 2.05) is 0 Å². The van der Waals surface area contributed by atoms with Gasteiger partial charge in [-0.25, -0.2) is 4.57 Å². The van der Waals surface area contributed by atoms with Crippen molar-refractivity contribution in [3.05, 3.63) is 88.4 Å². The highest BCUT2D eigenvalue weighted by molar-refractivity contribution is 5.73. The standard InChI is InChI=1S/C40H51N2/c1-28-22-29(2)40(30(3)23-28)41-26-35-20-13-21-38(42(35)27-41)39-36(32-16-9-5-10-17-32)24-34(31-14-7-4-8-15-31)25-37(39)33-18-11-6-12-19-33/h13,20-27,31-33H,4-12,14-19H2,1-3H3/q+1. The number of hydrogen-bond acceptors (Lipinski definition) is 0. The average Bonchev–Trinajstić information content (AvgIpc) is 3.45. The third-order valence-corrected chi connectivity index (χ3v) is 11.1. The van der Waals surface area contributed by atoms with Crippen molar-refractivity contribution in [2.75, 3.05) is 0 Å². The molecule has 7 rings (SSSR count). The van der Waals surface area contributed by atoms with Crippen molar-refractivity contribution in [3.63, 3.8) is 0 Å². The van der Waals surface area contributed by atoms with Crippen molar-refractivity contribution in [1.29, 1.82) is 0 Å². The molecule has 220 valence electrons. The fraction of sp³-hybridized carbons (Fsp3) is 0.525. The molecule has 2 heterocycles. The SMILES string of the molecule is Cc1cc(C)c(-[n+]2cc3cccc(-c4c(C5CCCCC5)cc(C5CCCCC5)cc4C4CCCCC4)n3c2)c(C)c1. The average molecular weight is 560 g/mol. The largest absolute Gasteiger partial charge is 0.254 e. The summed E-state index contributed by atoms with van der Waals surface area (Å²) in [5.74, 6) is 2.15. The van der Waals surface area contributed by atoms with Crippen LogP contribution in [0.25, 0.3) is 22.5 Å². The van der Waals surface area contributed by atoms with Gasteiger partial charge in [-0.2, -0.15) is 4.40 Å². The topological polar surface area (TPSA) is 8.29 Å². The van der Waals surface area contributed by atoms with Crippen LogP contribution in [-0.4, -0.2) is 4.40 Å². The minimum atomic E-state index is 0.694. The number of fused-ring (bicyclic) bond motifs is 1. The Morgan fingerprint density at radius 2 is 1.14 bits per heavy atom.